The molecular weight excluding hydrogens is 467 g/mol. The summed E-state index contributed by atoms with van der Waals surface area (Å²) in [4.78, 5) is 5.31. The number of nitrogens with zero attached hydrogens (tertiary/aromatic N) is 2. The lowest BCUT2D eigenvalue weighted by molar-refractivity contribution is -0.131. The molecule has 1 saturated heterocycles. The van der Waals surface area contributed by atoms with E-state index in [1.807, 2.05) is 52.2 Å². The van der Waals surface area contributed by atoms with Gasteiger partial charge in [-0.1, -0.05) is 5.16 Å². The molecule has 0 aliphatic carbocycles. The summed E-state index contributed by atoms with van der Waals surface area (Å²) >= 11 is 0. The monoisotopic (exact) mass is 503 g/mol. The molecule has 1 aliphatic rings. The molecule has 2 aromatic rings. The molecule has 2 atom stereocenters. The highest BCUT2D eigenvalue weighted by atomic mass is 19.1. The van der Waals surface area contributed by atoms with E-state index < -0.39 is 11.6 Å². The Balaban J connectivity index is 1.60. The number of halogens is 1. The molecule has 36 heavy (non-hydrogen) atoms. The minimum Gasteiger partial charge on any atom is -0.489 e. The first-order chi connectivity index (χ1) is 17.1. The minimum absolute atomic E-state index is 0.167. The lowest BCUT2D eigenvalue weighted by atomic mass is 10.1. The van der Waals surface area contributed by atoms with Crippen molar-refractivity contribution in [1.82, 2.24) is 9.80 Å². The van der Waals surface area contributed by atoms with Crippen LogP contribution in [0.2, 0.25) is 0 Å². The van der Waals surface area contributed by atoms with Crippen LogP contribution in [-0.2, 0) is 20.8 Å². The third kappa shape index (κ3) is 7.47. The standard InChI is InChI=1S/C26H36FN4O5/c1-26(2)34-18-24(35-26)16-30-36-23-14-20(27)13-22(15-23)33-17-19-7-9-21(10-8-19)31(4,25(28)32-5)12-6-11-29-3/h7-10,13-16,24,28-29H,6,11-12,17-18H2,1-5H3/q+1/b28-25?,30-16-/t24-,31?/m0/s1. The van der Waals surface area contributed by atoms with Gasteiger partial charge in [0.2, 0.25) is 0 Å². The fraction of sp³-hybridized carbons (Fsp3) is 0.462. The van der Waals surface area contributed by atoms with Crippen molar-refractivity contribution in [1.29, 1.82) is 5.41 Å². The van der Waals surface area contributed by atoms with Crippen LogP contribution in [0, 0.1) is 11.2 Å². The first-order valence-electron chi connectivity index (χ1n) is 11.8. The Morgan fingerprint density at radius 2 is 1.97 bits per heavy atom. The molecule has 2 aromatic carbocycles. The van der Waals surface area contributed by atoms with E-state index in [2.05, 4.69) is 10.5 Å². The molecule has 1 heterocycles. The molecule has 10 heteroatoms. The number of hydrogen-bond donors (Lipinski definition) is 2. The van der Waals surface area contributed by atoms with Crippen molar-refractivity contribution in [2.45, 2.75) is 38.8 Å². The number of quaternary nitrogens is 1. The van der Waals surface area contributed by atoms with Crippen molar-refractivity contribution in [3.8, 4) is 11.5 Å². The van der Waals surface area contributed by atoms with Crippen LogP contribution in [0.3, 0.4) is 0 Å². The SMILES string of the molecule is CNCCC[N+](C)(C(=N)OC)c1ccc(COc2cc(F)cc(O/N=C\[C@H]3COC(C)(C)O3)c2)cc1. The molecule has 0 bridgehead atoms. The van der Waals surface area contributed by atoms with Crippen LogP contribution in [0.5, 0.6) is 11.5 Å². The summed E-state index contributed by atoms with van der Waals surface area (Å²) in [6, 6.07) is 12.0. The lowest BCUT2D eigenvalue weighted by Gasteiger charge is -2.31. The first-order valence-corrected chi connectivity index (χ1v) is 11.8. The number of hydrogen-bond acceptors (Lipinski definition) is 8. The molecule has 1 aliphatic heterocycles. The van der Waals surface area contributed by atoms with Crippen molar-refractivity contribution in [2.75, 3.05) is 40.9 Å². The third-order valence-corrected chi connectivity index (χ3v) is 5.85. The van der Waals surface area contributed by atoms with Crippen LogP contribution < -0.4 is 19.4 Å². The molecule has 0 amide bonds. The average Bonchev–Trinajstić information content (AvgIpc) is 3.20. The van der Waals surface area contributed by atoms with Gasteiger partial charge in [0.25, 0.3) is 0 Å². The molecule has 2 N–H and O–H groups in total. The highest BCUT2D eigenvalue weighted by Gasteiger charge is 2.33. The van der Waals surface area contributed by atoms with E-state index >= 15 is 0 Å². The summed E-state index contributed by atoms with van der Waals surface area (Å²) in [5.74, 6) is -0.630. The fourth-order valence-corrected chi connectivity index (χ4v) is 3.83. The van der Waals surface area contributed by atoms with Crippen LogP contribution in [0.1, 0.15) is 25.8 Å². The van der Waals surface area contributed by atoms with Gasteiger partial charge in [-0.15, -0.1) is 0 Å². The Hall–Kier alpha value is -3.05. The zero-order chi connectivity index (χ0) is 26.2. The molecule has 3 rings (SSSR count). The quantitative estimate of drug-likeness (QED) is 0.158. The van der Waals surface area contributed by atoms with Crippen molar-refractivity contribution in [2.24, 2.45) is 5.16 Å². The van der Waals surface area contributed by atoms with Gasteiger partial charge in [0, 0.05) is 43.3 Å². The van der Waals surface area contributed by atoms with Crippen molar-refractivity contribution >= 4 is 17.9 Å². The predicted molar refractivity (Wildman–Crippen MR) is 137 cm³/mol. The van der Waals surface area contributed by atoms with E-state index in [4.69, 9.17) is 29.2 Å². The van der Waals surface area contributed by atoms with Gasteiger partial charge < -0.3 is 29.1 Å². The number of ether oxygens (including phenoxy) is 4. The normalized spacial score (nSPS) is 18.7. The summed E-state index contributed by atoms with van der Waals surface area (Å²) in [6.45, 7) is 5.81. The van der Waals surface area contributed by atoms with E-state index in [1.165, 1.54) is 25.5 Å². The first kappa shape index (κ1) is 27.5. The van der Waals surface area contributed by atoms with Crippen molar-refractivity contribution < 1.29 is 28.2 Å². The molecule has 0 saturated carbocycles. The second kappa shape index (κ2) is 12.3. The maximum absolute atomic E-state index is 14.1. The Kier molecular flexibility index (Phi) is 9.38. The molecule has 9 nitrogen and oxygen atoms in total. The minimum atomic E-state index is -0.662. The van der Waals surface area contributed by atoms with E-state index in [0.717, 1.165) is 30.8 Å². The van der Waals surface area contributed by atoms with Gasteiger partial charge in [0.05, 0.1) is 33.5 Å². The second-order valence-corrected chi connectivity index (χ2v) is 9.17. The largest absolute Gasteiger partial charge is 0.489 e. The maximum Gasteiger partial charge on any atom is 0.395 e. The smallest absolute Gasteiger partial charge is 0.395 e. The highest BCUT2D eigenvalue weighted by Crippen LogP contribution is 2.26. The summed E-state index contributed by atoms with van der Waals surface area (Å²) < 4.78 is 36.5. The fourth-order valence-electron chi connectivity index (χ4n) is 3.83. The van der Waals surface area contributed by atoms with E-state index in [9.17, 15) is 4.39 Å². The van der Waals surface area contributed by atoms with E-state index in [-0.39, 0.29) is 29.0 Å². The molecule has 1 unspecified atom stereocenters. The third-order valence-electron chi connectivity index (χ3n) is 5.85. The summed E-state index contributed by atoms with van der Waals surface area (Å²) in [6.07, 6.45) is 2.04. The zero-order valence-corrected chi connectivity index (χ0v) is 21.5. The average molecular weight is 504 g/mol. The van der Waals surface area contributed by atoms with E-state index in [0.29, 0.717) is 12.4 Å². The zero-order valence-electron chi connectivity index (χ0n) is 21.5. The summed E-state index contributed by atoms with van der Waals surface area (Å²) in [5, 5.41) is 15.3. The second-order valence-electron chi connectivity index (χ2n) is 9.17. The van der Waals surface area contributed by atoms with Gasteiger partial charge in [0.15, 0.2) is 11.5 Å². The van der Waals surface area contributed by atoms with Gasteiger partial charge in [0.1, 0.15) is 30.0 Å². The van der Waals surface area contributed by atoms with Crippen LogP contribution >= 0.6 is 0 Å². The van der Waals surface area contributed by atoms with Crippen molar-refractivity contribution in [3.63, 3.8) is 0 Å². The van der Waals surface area contributed by atoms with Crippen LogP contribution in [0.4, 0.5) is 10.1 Å². The molecule has 1 fully saturated rings. The topological polar surface area (TPSA) is 94.4 Å². The molecule has 0 radical (unpaired) electrons. The summed E-state index contributed by atoms with van der Waals surface area (Å²) in [5.41, 5.74) is 1.83. The molecule has 0 spiro atoms. The Bertz CT molecular complexity index is 1050. The number of rotatable bonds is 11. The maximum atomic E-state index is 14.1. The van der Waals surface area contributed by atoms with Crippen molar-refractivity contribution in [3.05, 3.63) is 53.8 Å². The Labute approximate surface area is 211 Å². The number of nitrogens with one attached hydrogen (secondary N) is 2. The molecule has 0 aromatic heterocycles. The van der Waals surface area contributed by atoms with Crippen LogP contribution in [-0.4, -0.2) is 65.0 Å². The van der Waals surface area contributed by atoms with Gasteiger partial charge in [-0.05, 0) is 38.6 Å². The lowest BCUT2D eigenvalue weighted by Crippen LogP contribution is -2.52. The number of methoxy groups -OCH3 is 1. The Morgan fingerprint density at radius 3 is 2.61 bits per heavy atom. The number of benzene rings is 2. The molecular formula is C26H36FN4O5+. The Morgan fingerprint density at radius 1 is 1.25 bits per heavy atom. The summed E-state index contributed by atoms with van der Waals surface area (Å²) in [7, 11) is 5.37. The highest BCUT2D eigenvalue weighted by molar-refractivity contribution is 5.83. The van der Waals surface area contributed by atoms with E-state index in [1.54, 1.807) is 6.07 Å². The van der Waals surface area contributed by atoms with Gasteiger partial charge in [-0.2, -0.15) is 0 Å². The van der Waals surface area contributed by atoms with Gasteiger partial charge in [-0.25, -0.2) is 14.3 Å². The van der Waals surface area contributed by atoms with Gasteiger partial charge >= 0.3 is 6.02 Å². The predicted octanol–water partition coefficient (Wildman–Crippen LogP) is 4.05. The molecule has 196 valence electrons. The number of amidine groups is 1. The number of oxime groups is 1. The van der Waals surface area contributed by atoms with Crippen LogP contribution in [0.15, 0.2) is 47.6 Å². The van der Waals surface area contributed by atoms with Gasteiger partial charge in [-0.3, -0.25) is 0 Å². The van der Waals surface area contributed by atoms with Crippen LogP contribution in [0.25, 0.3) is 0 Å².